The molecular formula is C18H24N2O2. The van der Waals surface area contributed by atoms with Crippen LogP contribution in [0.2, 0.25) is 0 Å². The molecule has 3 aliphatic heterocycles. The summed E-state index contributed by atoms with van der Waals surface area (Å²) in [4.78, 5) is 17.0. The predicted octanol–water partition coefficient (Wildman–Crippen LogP) is 3.13. The molecule has 3 saturated heterocycles. The van der Waals surface area contributed by atoms with Crippen molar-refractivity contribution in [2.45, 2.75) is 31.8 Å². The lowest BCUT2D eigenvalue weighted by molar-refractivity contribution is -0.0310. The van der Waals surface area contributed by atoms with Gasteiger partial charge in [-0.1, -0.05) is 18.2 Å². The lowest BCUT2D eigenvalue weighted by Gasteiger charge is -2.44. The second-order valence-electron chi connectivity index (χ2n) is 6.95. The van der Waals surface area contributed by atoms with Crippen molar-refractivity contribution >= 4 is 11.8 Å². The summed E-state index contributed by atoms with van der Waals surface area (Å²) in [7, 11) is 0. The number of carbonyl (C=O) groups excluding carboxylic acids is 1. The van der Waals surface area contributed by atoms with E-state index in [4.69, 9.17) is 4.74 Å². The van der Waals surface area contributed by atoms with Gasteiger partial charge in [-0.25, -0.2) is 4.79 Å². The molecule has 1 amide bonds. The Kier molecular flexibility index (Phi) is 3.78. The second-order valence-corrected chi connectivity index (χ2v) is 6.95. The molecule has 22 heavy (non-hydrogen) atoms. The van der Waals surface area contributed by atoms with Crippen LogP contribution in [0.4, 0.5) is 10.5 Å². The molecule has 1 saturated carbocycles. The summed E-state index contributed by atoms with van der Waals surface area (Å²) < 4.78 is 5.92. The Morgan fingerprint density at radius 2 is 1.86 bits per heavy atom. The quantitative estimate of drug-likeness (QED) is 0.856. The van der Waals surface area contributed by atoms with Gasteiger partial charge in [-0.3, -0.25) is 9.80 Å². The van der Waals surface area contributed by atoms with E-state index in [1.165, 1.54) is 38.8 Å². The van der Waals surface area contributed by atoms with E-state index in [1.807, 2.05) is 35.2 Å². The summed E-state index contributed by atoms with van der Waals surface area (Å²) in [6, 6.07) is 9.95. The molecular weight excluding hydrogens is 276 g/mol. The maximum Gasteiger partial charge on any atom is 0.414 e. The third-order valence-electron chi connectivity index (χ3n) is 5.27. The van der Waals surface area contributed by atoms with Crippen molar-refractivity contribution in [3.8, 4) is 0 Å². The van der Waals surface area contributed by atoms with Crippen LogP contribution >= 0.6 is 0 Å². The number of amides is 1. The number of nitrogens with zero attached hydrogens (tertiary/aromatic N) is 2. The zero-order chi connectivity index (χ0) is 14.9. The van der Waals surface area contributed by atoms with Crippen LogP contribution < -0.4 is 4.90 Å². The van der Waals surface area contributed by atoms with Gasteiger partial charge in [-0.15, -0.1) is 0 Å². The molecule has 118 valence electrons. The monoisotopic (exact) mass is 300 g/mol. The number of fused-ring (bicyclic) bond motifs is 3. The van der Waals surface area contributed by atoms with Crippen LogP contribution in [0.25, 0.3) is 0 Å². The molecule has 5 rings (SSSR count). The molecule has 1 aromatic rings. The summed E-state index contributed by atoms with van der Waals surface area (Å²) in [5.74, 6) is 1.21. The third kappa shape index (κ3) is 2.98. The van der Waals surface area contributed by atoms with Crippen molar-refractivity contribution in [3.05, 3.63) is 30.3 Å². The smallest absolute Gasteiger partial charge is 0.414 e. The normalized spacial score (nSPS) is 30.1. The molecule has 4 aliphatic rings. The molecule has 1 atom stereocenters. The standard InChI is InChI=1S/C18H24N2O2/c21-18(22-17-13-19-10-8-15(17)9-11-19)20(12-14-6-7-14)16-4-2-1-3-5-16/h1-5,14-15,17H,6-13H2/t17-/m0/s1. The molecule has 4 fully saturated rings. The van der Waals surface area contributed by atoms with E-state index in [2.05, 4.69) is 4.90 Å². The third-order valence-corrected chi connectivity index (χ3v) is 5.27. The second kappa shape index (κ2) is 5.92. The van der Waals surface area contributed by atoms with E-state index in [1.54, 1.807) is 0 Å². The van der Waals surface area contributed by atoms with Crippen LogP contribution in [0.15, 0.2) is 30.3 Å². The van der Waals surface area contributed by atoms with Crippen LogP contribution in [0.5, 0.6) is 0 Å². The highest BCUT2D eigenvalue weighted by atomic mass is 16.6. The molecule has 3 heterocycles. The average molecular weight is 300 g/mol. The molecule has 0 radical (unpaired) electrons. The van der Waals surface area contributed by atoms with Gasteiger partial charge in [0.2, 0.25) is 0 Å². The van der Waals surface area contributed by atoms with Crippen LogP contribution in [-0.2, 0) is 4.74 Å². The first kappa shape index (κ1) is 14.1. The number of rotatable bonds is 4. The number of para-hydroxylation sites is 1. The maximum atomic E-state index is 12.7. The number of benzene rings is 1. The van der Waals surface area contributed by atoms with Crippen LogP contribution in [0.3, 0.4) is 0 Å². The van der Waals surface area contributed by atoms with Crippen LogP contribution in [0, 0.1) is 11.8 Å². The van der Waals surface area contributed by atoms with Crippen molar-refractivity contribution < 1.29 is 9.53 Å². The molecule has 4 nitrogen and oxygen atoms in total. The molecule has 0 unspecified atom stereocenters. The summed E-state index contributed by atoms with van der Waals surface area (Å²) in [5, 5.41) is 0. The van der Waals surface area contributed by atoms with E-state index in [0.29, 0.717) is 11.8 Å². The first-order valence-electron chi connectivity index (χ1n) is 8.55. The Labute approximate surface area is 132 Å². The minimum Gasteiger partial charge on any atom is -0.444 e. The Morgan fingerprint density at radius 3 is 2.45 bits per heavy atom. The van der Waals surface area contributed by atoms with Crippen molar-refractivity contribution in [3.63, 3.8) is 0 Å². The zero-order valence-corrected chi connectivity index (χ0v) is 13.0. The molecule has 0 spiro atoms. The molecule has 2 bridgehead atoms. The fraction of sp³-hybridized carbons (Fsp3) is 0.611. The van der Waals surface area contributed by atoms with Gasteiger partial charge >= 0.3 is 6.09 Å². The number of hydrogen-bond acceptors (Lipinski definition) is 3. The summed E-state index contributed by atoms with van der Waals surface area (Å²) in [5.41, 5.74) is 0.959. The van der Waals surface area contributed by atoms with Gasteiger partial charge in [-0.2, -0.15) is 0 Å². The molecule has 4 heteroatoms. The van der Waals surface area contributed by atoms with E-state index >= 15 is 0 Å². The summed E-state index contributed by atoms with van der Waals surface area (Å²) in [6.45, 7) is 4.05. The average Bonchev–Trinajstić information content (AvgIpc) is 3.39. The highest BCUT2D eigenvalue weighted by Gasteiger charge is 2.38. The minimum absolute atomic E-state index is 0.0837. The Morgan fingerprint density at radius 1 is 1.14 bits per heavy atom. The molecule has 1 aromatic carbocycles. The molecule has 0 N–H and O–H groups in total. The van der Waals surface area contributed by atoms with Gasteiger partial charge in [0, 0.05) is 18.8 Å². The van der Waals surface area contributed by atoms with Gasteiger partial charge in [0.05, 0.1) is 0 Å². The number of ether oxygens (including phenoxy) is 1. The van der Waals surface area contributed by atoms with E-state index < -0.39 is 0 Å². The number of piperidine rings is 3. The van der Waals surface area contributed by atoms with Gasteiger partial charge in [-0.05, 0) is 62.7 Å². The maximum absolute atomic E-state index is 12.7. The van der Waals surface area contributed by atoms with Crippen LogP contribution in [-0.4, -0.2) is 43.3 Å². The van der Waals surface area contributed by atoms with E-state index in [0.717, 1.165) is 18.8 Å². The number of carbonyl (C=O) groups is 1. The van der Waals surface area contributed by atoms with Gasteiger partial charge in [0.25, 0.3) is 0 Å². The lowest BCUT2D eigenvalue weighted by Crippen LogP contribution is -2.53. The van der Waals surface area contributed by atoms with Gasteiger partial charge < -0.3 is 4.74 Å². The lowest BCUT2D eigenvalue weighted by atomic mass is 9.86. The number of hydrogen-bond donors (Lipinski definition) is 0. The largest absolute Gasteiger partial charge is 0.444 e. The number of anilines is 1. The minimum atomic E-state index is -0.156. The topological polar surface area (TPSA) is 32.8 Å². The predicted molar refractivity (Wildman–Crippen MR) is 85.9 cm³/mol. The summed E-state index contributed by atoms with van der Waals surface area (Å²) in [6.07, 6.45) is 4.74. The zero-order valence-electron chi connectivity index (χ0n) is 13.0. The summed E-state index contributed by atoms with van der Waals surface area (Å²) >= 11 is 0. The molecule has 1 aliphatic carbocycles. The van der Waals surface area contributed by atoms with Crippen molar-refractivity contribution in [2.75, 3.05) is 31.1 Å². The first-order valence-corrected chi connectivity index (χ1v) is 8.55. The van der Waals surface area contributed by atoms with Crippen LogP contribution in [0.1, 0.15) is 25.7 Å². The Bertz CT molecular complexity index is 521. The van der Waals surface area contributed by atoms with Gasteiger partial charge in [0.15, 0.2) is 0 Å². The Hall–Kier alpha value is -1.55. The first-order chi connectivity index (χ1) is 10.8. The highest BCUT2D eigenvalue weighted by molar-refractivity contribution is 5.87. The van der Waals surface area contributed by atoms with Gasteiger partial charge in [0.1, 0.15) is 6.10 Å². The Balaban J connectivity index is 1.46. The highest BCUT2D eigenvalue weighted by Crippen LogP contribution is 2.33. The van der Waals surface area contributed by atoms with Crippen molar-refractivity contribution in [1.82, 2.24) is 4.90 Å². The fourth-order valence-corrected chi connectivity index (χ4v) is 3.69. The van der Waals surface area contributed by atoms with Crippen molar-refractivity contribution in [2.24, 2.45) is 11.8 Å². The molecule has 0 aromatic heterocycles. The SMILES string of the molecule is O=C(O[C@H]1CN2CCC1CC2)N(CC1CC1)c1ccccc1. The van der Waals surface area contributed by atoms with E-state index in [-0.39, 0.29) is 12.2 Å². The van der Waals surface area contributed by atoms with E-state index in [9.17, 15) is 4.79 Å². The van der Waals surface area contributed by atoms with Crippen molar-refractivity contribution in [1.29, 1.82) is 0 Å². The fourth-order valence-electron chi connectivity index (χ4n) is 3.69.